The maximum Gasteiger partial charge on any atom is 0.423 e. The minimum absolute atomic E-state index is 0.284. The number of unbranched alkanes of at least 4 members (excludes halogenated alkanes) is 1. The Bertz CT molecular complexity index is 299. The lowest BCUT2D eigenvalue weighted by Crippen LogP contribution is -2.13. The van der Waals surface area contributed by atoms with Crippen LogP contribution in [-0.4, -0.2) is 27.5 Å². The molecular formula is C9H13NO4. The third-order valence-corrected chi connectivity index (χ3v) is 1.75. The molecule has 0 atom stereocenters. The van der Waals surface area contributed by atoms with E-state index in [0.717, 1.165) is 12.8 Å². The van der Waals surface area contributed by atoms with Gasteiger partial charge in [-0.25, -0.2) is 4.79 Å². The fraction of sp³-hybridized carbons (Fsp3) is 0.444. The standard InChI is InChI=1S/C9H13NO4/c1-2-3-6-14-9(13)10-7(11)4-5-8(10)12/h4-5,11-12H,2-3,6H2,1H3. The zero-order chi connectivity index (χ0) is 10.6. The molecule has 1 heterocycles. The van der Waals surface area contributed by atoms with Gasteiger partial charge >= 0.3 is 6.09 Å². The molecule has 0 amide bonds. The molecule has 0 fully saturated rings. The maximum atomic E-state index is 11.2. The third kappa shape index (κ3) is 2.18. The van der Waals surface area contributed by atoms with E-state index in [2.05, 4.69) is 0 Å². The minimum Gasteiger partial charge on any atom is -0.494 e. The molecule has 5 heteroatoms. The molecule has 0 radical (unpaired) electrons. The number of carbonyl (C=O) groups is 1. The summed E-state index contributed by atoms with van der Waals surface area (Å²) in [4.78, 5) is 11.2. The van der Waals surface area contributed by atoms with Crippen molar-refractivity contribution >= 4 is 6.09 Å². The average molecular weight is 199 g/mol. The number of ether oxygens (including phenoxy) is 1. The van der Waals surface area contributed by atoms with Crippen molar-refractivity contribution in [2.24, 2.45) is 0 Å². The summed E-state index contributed by atoms with van der Waals surface area (Å²) < 4.78 is 5.50. The smallest absolute Gasteiger partial charge is 0.423 e. The predicted molar refractivity (Wildman–Crippen MR) is 49.4 cm³/mol. The first-order valence-electron chi connectivity index (χ1n) is 4.43. The number of aromatic hydroxyl groups is 2. The van der Waals surface area contributed by atoms with E-state index in [1.165, 1.54) is 12.1 Å². The Morgan fingerprint density at radius 3 is 2.50 bits per heavy atom. The van der Waals surface area contributed by atoms with Gasteiger partial charge in [-0.15, -0.1) is 0 Å². The molecule has 1 aromatic rings. The molecule has 5 nitrogen and oxygen atoms in total. The van der Waals surface area contributed by atoms with E-state index in [0.29, 0.717) is 4.57 Å². The van der Waals surface area contributed by atoms with Gasteiger partial charge in [-0.2, -0.15) is 4.57 Å². The summed E-state index contributed by atoms with van der Waals surface area (Å²) in [5.74, 6) is -0.659. The first-order chi connectivity index (χ1) is 6.66. The Kier molecular flexibility index (Phi) is 3.39. The maximum absolute atomic E-state index is 11.2. The zero-order valence-corrected chi connectivity index (χ0v) is 7.93. The van der Waals surface area contributed by atoms with Gasteiger partial charge in [0.2, 0.25) is 11.8 Å². The van der Waals surface area contributed by atoms with Gasteiger partial charge in [0, 0.05) is 12.1 Å². The summed E-state index contributed by atoms with van der Waals surface area (Å²) in [6.07, 6.45) is 0.907. The highest BCUT2D eigenvalue weighted by molar-refractivity contribution is 5.74. The third-order valence-electron chi connectivity index (χ3n) is 1.75. The highest BCUT2D eigenvalue weighted by atomic mass is 16.6. The molecule has 0 aliphatic rings. The SMILES string of the molecule is CCCCOC(=O)n1c(O)ccc1O. The molecule has 0 saturated heterocycles. The fourth-order valence-corrected chi connectivity index (χ4v) is 0.971. The number of aromatic nitrogens is 1. The molecule has 0 unspecified atom stereocenters. The first-order valence-corrected chi connectivity index (χ1v) is 4.43. The molecule has 14 heavy (non-hydrogen) atoms. The van der Waals surface area contributed by atoms with Crippen molar-refractivity contribution in [1.29, 1.82) is 0 Å². The van der Waals surface area contributed by atoms with Crippen LogP contribution in [0.1, 0.15) is 19.8 Å². The summed E-state index contributed by atoms with van der Waals surface area (Å²) in [7, 11) is 0. The number of hydrogen-bond donors (Lipinski definition) is 2. The normalized spacial score (nSPS) is 10.1. The van der Waals surface area contributed by atoms with E-state index in [4.69, 9.17) is 14.9 Å². The van der Waals surface area contributed by atoms with E-state index < -0.39 is 6.09 Å². The Hall–Kier alpha value is -1.65. The van der Waals surface area contributed by atoms with Gasteiger partial charge in [-0.3, -0.25) is 0 Å². The quantitative estimate of drug-likeness (QED) is 0.726. The van der Waals surface area contributed by atoms with Gasteiger partial charge in [-0.1, -0.05) is 13.3 Å². The van der Waals surface area contributed by atoms with Crippen LogP contribution in [0.4, 0.5) is 4.79 Å². The van der Waals surface area contributed by atoms with Gasteiger partial charge in [0.15, 0.2) is 0 Å². The van der Waals surface area contributed by atoms with E-state index in [9.17, 15) is 4.79 Å². The van der Waals surface area contributed by atoms with E-state index >= 15 is 0 Å². The van der Waals surface area contributed by atoms with Gasteiger partial charge < -0.3 is 14.9 Å². The average Bonchev–Trinajstić information content (AvgIpc) is 2.46. The summed E-state index contributed by atoms with van der Waals surface area (Å²) in [5, 5.41) is 18.3. The van der Waals surface area contributed by atoms with Gasteiger partial charge in [0.05, 0.1) is 6.61 Å². The molecule has 0 aromatic carbocycles. The molecule has 0 saturated carbocycles. The molecule has 0 spiro atoms. The Morgan fingerprint density at radius 2 is 2.00 bits per heavy atom. The van der Waals surface area contributed by atoms with Crippen molar-refractivity contribution in [1.82, 2.24) is 4.57 Å². The molecule has 0 bridgehead atoms. The zero-order valence-electron chi connectivity index (χ0n) is 7.93. The van der Waals surface area contributed by atoms with Gasteiger partial charge in [-0.05, 0) is 6.42 Å². The van der Waals surface area contributed by atoms with E-state index in [1.807, 2.05) is 6.92 Å². The molecule has 2 N–H and O–H groups in total. The van der Waals surface area contributed by atoms with Crippen LogP contribution in [0.3, 0.4) is 0 Å². The number of hydrogen-bond acceptors (Lipinski definition) is 4. The van der Waals surface area contributed by atoms with Crippen LogP contribution in [-0.2, 0) is 4.74 Å². The molecule has 0 aliphatic heterocycles. The predicted octanol–water partition coefficient (Wildman–Crippen LogP) is 1.68. The highest BCUT2D eigenvalue weighted by Crippen LogP contribution is 2.20. The summed E-state index contributed by atoms with van der Waals surface area (Å²) >= 11 is 0. The van der Waals surface area contributed by atoms with Gasteiger partial charge in [0.25, 0.3) is 0 Å². The van der Waals surface area contributed by atoms with Crippen LogP contribution in [0.5, 0.6) is 11.8 Å². The first kappa shape index (κ1) is 10.4. The lowest BCUT2D eigenvalue weighted by molar-refractivity contribution is 0.141. The van der Waals surface area contributed by atoms with Crippen molar-refractivity contribution in [3.8, 4) is 11.8 Å². The summed E-state index contributed by atoms with van der Waals surface area (Å²) in [6, 6.07) is 2.44. The van der Waals surface area contributed by atoms with Crippen LogP contribution in [0.2, 0.25) is 0 Å². The van der Waals surface area contributed by atoms with Crippen LogP contribution in [0, 0.1) is 0 Å². The van der Waals surface area contributed by atoms with Crippen molar-refractivity contribution in [3.05, 3.63) is 12.1 Å². The molecule has 1 aromatic heterocycles. The second kappa shape index (κ2) is 4.55. The molecule has 78 valence electrons. The molecular weight excluding hydrogens is 186 g/mol. The van der Waals surface area contributed by atoms with Crippen LogP contribution < -0.4 is 0 Å². The highest BCUT2D eigenvalue weighted by Gasteiger charge is 2.14. The van der Waals surface area contributed by atoms with Crippen LogP contribution >= 0.6 is 0 Å². The second-order valence-corrected chi connectivity index (χ2v) is 2.85. The fourth-order valence-electron chi connectivity index (χ4n) is 0.971. The number of nitrogens with zero attached hydrogens (tertiary/aromatic N) is 1. The Labute approximate surface area is 81.5 Å². The lowest BCUT2D eigenvalue weighted by Gasteiger charge is -2.05. The summed E-state index contributed by atoms with van der Waals surface area (Å²) in [5.41, 5.74) is 0. The minimum atomic E-state index is -0.765. The topological polar surface area (TPSA) is 71.7 Å². The van der Waals surface area contributed by atoms with Gasteiger partial charge in [0.1, 0.15) is 0 Å². The molecule has 1 rings (SSSR count). The van der Waals surface area contributed by atoms with Crippen molar-refractivity contribution < 1.29 is 19.7 Å². The van der Waals surface area contributed by atoms with E-state index in [1.54, 1.807) is 0 Å². The lowest BCUT2D eigenvalue weighted by atomic mass is 10.4. The summed E-state index contributed by atoms with van der Waals surface area (Å²) in [6.45, 7) is 2.25. The van der Waals surface area contributed by atoms with Crippen molar-refractivity contribution in [2.45, 2.75) is 19.8 Å². The second-order valence-electron chi connectivity index (χ2n) is 2.85. The van der Waals surface area contributed by atoms with Crippen LogP contribution in [0.15, 0.2) is 12.1 Å². The number of rotatable bonds is 3. The van der Waals surface area contributed by atoms with Crippen molar-refractivity contribution in [3.63, 3.8) is 0 Å². The number of carbonyl (C=O) groups excluding carboxylic acids is 1. The Morgan fingerprint density at radius 1 is 1.43 bits per heavy atom. The Balaban J connectivity index is 2.60. The monoisotopic (exact) mass is 199 g/mol. The van der Waals surface area contributed by atoms with Crippen molar-refractivity contribution in [2.75, 3.05) is 6.61 Å². The van der Waals surface area contributed by atoms with E-state index in [-0.39, 0.29) is 18.4 Å². The largest absolute Gasteiger partial charge is 0.494 e. The molecule has 0 aliphatic carbocycles. The van der Waals surface area contributed by atoms with Crippen LogP contribution in [0.25, 0.3) is 0 Å².